The van der Waals surface area contributed by atoms with Crippen LogP contribution in [-0.4, -0.2) is 22.2 Å². The summed E-state index contributed by atoms with van der Waals surface area (Å²) in [4.78, 5) is 21.0. The Labute approximate surface area is 88.9 Å². The normalized spacial score (nSPS) is 13.0. The van der Waals surface area contributed by atoms with Crippen molar-refractivity contribution in [1.29, 1.82) is 0 Å². The van der Waals surface area contributed by atoms with Crippen molar-refractivity contribution in [2.75, 3.05) is 0 Å². The fourth-order valence-electron chi connectivity index (χ4n) is 1.20. The van der Waals surface area contributed by atoms with E-state index < -0.39 is 17.9 Å². The molecule has 0 bridgehead atoms. The van der Waals surface area contributed by atoms with Gasteiger partial charge >= 0.3 is 11.9 Å². The van der Waals surface area contributed by atoms with Crippen LogP contribution in [0.2, 0.25) is 0 Å². The third-order valence-corrected chi connectivity index (χ3v) is 1.92. The summed E-state index contributed by atoms with van der Waals surface area (Å²) >= 11 is 0. The van der Waals surface area contributed by atoms with Crippen LogP contribution in [0.25, 0.3) is 0 Å². The van der Waals surface area contributed by atoms with Crippen molar-refractivity contribution in [2.24, 2.45) is 11.8 Å². The molecule has 0 aromatic rings. The summed E-state index contributed by atoms with van der Waals surface area (Å²) in [6.45, 7) is 7.32. The Morgan fingerprint density at radius 2 is 1.87 bits per heavy atom. The second-order valence-electron chi connectivity index (χ2n) is 3.76. The Morgan fingerprint density at radius 3 is 2.20 bits per heavy atom. The lowest BCUT2D eigenvalue weighted by Crippen LogP contribution is -2.12. The van der Waals surface area contributed by atoms with Crippen LogP contribution in [0.4, 0.5) is 0 Å². The standard InChI is InChI=1S/C11H16O4/c1-7(2)6-9(4-5-10(12)13)8(3)11(14)15/h4-5,7,9H,3,6H2,1-2H3,(H,12,13)(H,14,15). The van der Waals surface area contributed by atoms with Crippen molar-refractivity contribution < 1.29 is 19.8 Å². The zero-order valence-corrected chi connectivity index (χ0v) is 8.93. The van der Waals surface area contributed by atoms with Gasteiger partial charge in [0.2, 0.25) is 0 Å². The fourth-order valence-corrected chi connectivity index (χ4v) is 1.20. The lowest BCUT2D eigenvalue weighted by Gasteiger charge is -2.14. The average Bonchev–Trinajstić information content (AvgIpc) is 2.10. The van der Waals surface area contributed by atoms with E-state index in [0.29, 0.717) is 6.42 Å². The molecular weight excluding hydrogens is 196 g/mol. The molecule has 0 saturated heterocycles. The van der Waals surface area contributed by atoms with Crippen molar-refractivity contribution in [1.82, 2.24) is 0 Å². The third kappa shape index (κ3) is 5.67. The monoisotopic (exact) mass is 212 g/mol. The Hall–Kier alpha value is -1.58. The first-order valence-corrected chi connectivity index (χ1v) is 4.67. The molecule has 0 aromatic carbocycles. The molecule has 0 aliphatic rings. The van der Waals surface area contributed by atoms with E-state index in [1.54, 1.807) is 0 Å². The van der Waals surface area contributed by atoms with Gasteiger partial charge in [-0.15, -0.1) is 0 Å². The summed E-state index contributed by atoms with van der Waals surface area (Å²) in [5.74, 6) is -2.30. The molecule has 0 amide bonds. The molecule has 4 heteroatoms. The van der Waals surface area contributed by atoms with Crippen LogP contribution in [0.1, 0.15) is 20.3 Å². The highest BCUT2D eigenvalue weighted by Crippen LogP contribution is 2.20. The van der Waals surface area contributed by atoms with E-state index in [-0.39, 0.29) is 11.5 Å². The highest BCUT2D eigenvalue weighted by molar-refractivity contribution is 5.87. The van der Waals surface area contributed by atoms with Gasteiger partial charge in [-0.3, -0.25) is 0 Å². The molecule has 0 aromatic heterocycles. The summed E-state index contributed by atoms with van der Waals surface area (Å²) in [5.41, 5.74) is 0.0289. The van der Waals surface area contributed by atoms with Gasteiger partial charge in [0.05, 0.1) is 0 Å². The Bertz CT molecular complexity index is 289. The molecule has 1 unspecified atom stereocenters. The largest absolute Gasteiger partial charge is 0.478 e. The van der Waals surface area contributed by atoms with Gasteiger partial charge in [-0.1, -0.05) is 26.5 Å². The third-order valence-electron chi connectivity index (χ3n) is 1.92. The summed E-state index contributed by atoms with van der Waals surface area (Å²) in [6, 6.07) is 0. The van der Waals surface area contributed by atoms with Crippen molar-refractivity contribution >= 4 is 11.9 Å². The lowest BCUT2D eigenvalue weighted by atomic mass is 9.90. The number of aliphatic carboxylic acids is 2. The number of hydrogen-bond acceptors (Lipinski definition) is 2. The van der Waals surface area contributed by atoms with Gasteiger partial charge in [-0.2, -0.15) is 0 Å². The Kier molecular flexibility index (Phi) is 5.37. The minimum Gasteiger partial charge on any atom is -0.478 e. The summed E-state index contributed by atoms with van der Waals surface area (Å²) < 4.78 is 0. The Balaban J connectivity index is 4.65. The zero-order valence-electron chi connectivity index (χ0n) is 8.93. The van der Waals surface area contributed by atoms with Crippen LogP contribution in [-0.2, 0) is 9.59 Å². The molecular formula is C11H16O4. The number of hydrogen-bond donors (Lipinski definition) is 2. The molecule has 15 heavy (non-hydrogen) atoms. The number of carboxylic acid groups (broad SMARTS) is 2. The molecule has 0 radical (unpaired) electrons. The van der Waals surface area contributed by atoms with Gasteiger partial charge in [0, 0.05) is 17.6 Å². The molecule has 2 N–H and O–H groups in total. The van der Waals surface area contributed by atoms with Crippen LogP contribution in [0.15, 0.2) is 24.3 Å². The molecule has 0 aliphatic carbocycles. The van der Waals surface area contributed by atoms with Crippen LogP contribution >= 0.6 is 0 Å². The van der Waals surface area contributed by atoms with Gasteiger partial charge in [-0.05, 0) is 12.3 Å². The first kappa shape index (κ1) is 13.4. The molecule has 0 saturated carbocycles. The van der Waals surface area contributed by atoms with E-state index in [0.717, 1.165) is 6.08 Å². The van der Waals surface area contributed by atoms with Crippen LogP contribution in [0, 0.1) is 11.8 Å². The van der Waals surface area contributed by atoms with Gasteiger partial charge in [0.15, 0.2) is 0 Å². The molecule has 4 nitrogen and oxygen atoms in total. The number of rotatable bonds is 6. The molecule has 0 aliphatic heterocycles. The SMILES string of the molecule is C=C(C(=O)O)C(C=CC(=O)O)CC(C)C. The molecule has 0 spiro atoms. The van der Waals surface area contributed by atoms with Gasteiger partial charge in [0.25, 0.3) is 0 Å². The molecule has 84 valence electrons. The van der Waals surface area contributed by atoms with E-state index in [4.69, 9.17) is 10.2 Å². The number of carbonyl (C=O) groups is 2. The van der Waals surface area contributed by atoms with Crippen LogP contribution < -0.4 is 0 Å². The second kappa shape index (κ2) is 6.01. The van der Waals surface area contributed by atoms with Crippen molar-refractivity contribution in [2.45, 2.75) is 20.3 Å². The molecule has 1 atom stereocenters. The number of allylic oxidation sites excluding steroid dienone is 1. The van der Waals surface area contributed by atoms with Crippen LogP contribution in [0.5, 0.6) is 0 Å². The first-order chi connectivity index (χ1) is 6.84. The predicted molar refractivity (Wildman–Crippen MR) is 56.5 cm³/mol. The summed E-state index contributed by atoms with van der Waals surface area (Å²) in [7, 11) is 0. The average molecular weight is 212 g/mol. The molecule has 0 heterocycles. The predicted octanol–water partition coefficient (Wildman–Crippen LogP) is 1.93. The highest BCUT2D eigenvalue weighted by atomic mass is 16.4. The topological polar surface area (TPSA) is 74.6 Å². The summed E-state index contributed by atoms with van der Waals surface area (Å²) in [5, 5.41) is 17.2. The maximum atomic E-state index is 10.7. The van der Waals surface area contributed by atoms with Gasteiger partial charge in [-0.25, -0.2) is 9.59 Å². The fraction of sp³-hybridized carbons (Fsp3) is 0.455. The summed E-state index contributed by atoms with van der Waals surface area (Å²) in [6.07, 6.45) is 2.91. The van der Waals surface area contributed by atoms with E-state index in [1.807, 2.05) is 13.8 Å². The van der Waals surface area contributed by atoms with E-state index in [9.17, 15) is 9.59 Å². The van der Waals surface area contributed by atoms with E-state index >= 15 is 0 Å². The number of carboxylic acids is 2. The van der Waals surface area contributed by atoms with E-state index in [1.165, 1.54) is 6.08 Å². The lowest BCUT2D eigenvalue weighted by molar-refractivity contribution is -0.133. The maximum absolute atomic E-state index is 10.7. The minimum atomic E-state index is -1.09. The van der Waals surface area contributed by atoms with Crippen molar-refractivity contribution in [3.63, 3.8) is 0 Å². The quantitative estimate of drug-likeness (QED) is 0.660. The molecule has 0 fully saturated rings. The van der Waals surface area contributed by atoms with Gasteiger partial charge < -0.3 is 10.2 Å². The van der Waals surface area contributed by atoms with Gasteiger partial charge in [0.1, 0.15) is 0 Å². The maximum Gasteiger partial charge on any atom is 0.331 e. The first-order valence-electron chi connectivity index (χ1n) is 4.67. The molecule has 0 rings (SSSR count). The Morgan fingerprint density at radius 1 is 1.33 bits per heavy atom. The zero-order chi connectivity index (χ0) is 12.0. The van der Waals surface area contributed by atoms with Crippen molar-refractivity contribution in [3.05, 3.63) is 24.3 Å². The van der Waals surface area contributed by atoms with E-state index in [2.05, 4.69) is 6.58 Å². The second-order valence-corrected chi connectivity index (χ2v) is 3.76. The van der Waals surface area contributed by atoms with Crippen LogP contribution in [0.3, 0.4) is 0 Å². The van der Waals surface area contributed by atoms with Crippen molar-refractivity contribution in [3.8, 4) is 0 Å². The smallest absolute Gasteiger partial charge is 0.331 e. The highest BCUT2D eigenvalue weighted by Gasteiger charge is 2.17. The minimum absolute atomic E-state index is 0.0289.